The Labute approximate surface area is 252 Å². The molecule has 3 heterocycles. The number of aromatic carboxylic acids is 1. The highest BCUT2D eigenvalue weighted by Gasteiger charge is 2.45. The van der Waals surface area contributed by atoms with Crippen molar-refractivity contribution in [2.24, 2.45) is 10.8 Å². The van der Waals surface area contributed by atoms with E-state index in [1.807, 2.05) is 24.3 Å². The van der Waals surface area contributed by atoms with Crippen LogP contribution >= 0.6 is 0 Å². The van der Waals surface area contributed by atoms with Gasteiger partial charge in [0.1, 0.15) is 0 Å². The van der Waals surface area contributed by atoms with E-state index in [2.05, 4.69) is 70.3 Å². The van der Waals surface area contributed by atoms with E-state index in [1.54, 1.807) is 16.9 Å². The zero-order chi connectivity index (χ0) is 30.4. The predicted molar refractivity (Wildman–Crippen MR) is 167 cm³/mol. The van der Waals surface area contributed by atoms with Crippen LogP contribution in [0.15, 0.2) is 66.3 Å². The fraction of sp³-hybridized carbons (Fsp3) is 0.438. The quantitative estimate of drug-likeness (QED) is 0.400. The van der Waals surface area contributed by atoms with Gasteiger partial charge in [0.2, 0.25) is 5.82 Å². The van der Waals surface area contributed by atoms with Crippen LogP contribution in [0.2, 0.25) is 0 Å². The van der Waals surface area contributed by atoms with Gasteiger partial charge in [-0.1, -0.05) is 50.6 Å². The third kappa shape index (κ3) is 5.88. The average Bonchev–Trinajstić information content (AvgIpc) is 3.45. The van der Waals surface area contributed by atoms with Crippen LogP contribution in [0, 0.1) is 10.8 Å². The molecule has 1 fully saturated rings. The molecule has 0 spiro atoms. The standard InChI is InChI=1S/C32H38N6O4S/c1-31(2)27(23-4-6-25(7-5-23)30(39)40)12-14-32(3)22-37(15-13-28(31)32)26-10-8-24(9-11-26)29-33-35-38(34-29)17-16-36-18-20-43(41,42)21-19-36/h4-13H,14-22H2,1-3H3,(H,39,40)/t32-/m1/s1. The molecule has 1 atom stereocenters. The van der Waals surface area contributed by atoms with Gasteiger partial charge in [0.05, 0.1) is 23.6 Å². The number of sulfone groups is 1. The van der Waals surface area contributed by atoms with Crippen LogP contribution < -0.4 is 4.90 Å². The van der Waals surface area contributed by atoms with Gasteiger partial charge in [-0.2, -0.15) is 4.80 Å². The minimum absolute atomic E-state index is 0.0201. The number of anilines is 1. The van der Waals surface area contributed by atoms with Gasteiger partial charge < -0.3 is 10.0 Å². The van der Waals surface area contributed by atoms with Gasteiger partial charge in [0.25, 0.3) is 0 Å². The maximum Gasteiger partial charge on any atom is 0.335 e. The van der Waals surface area contributed by atoms with Gasteiger partial charge in [-0.15, -0.1) is 10.2 Å². The maximum absolute atomic E-state index is 11.7. The van der Waals surface area contributed by atoms with Gasteiger partial charge in [0, 0.05) is 54.8 Å². The number of hydrogen-bond donors (Lipinski definition) is 1. The molecule has 0 amide bonds. The topological polar surface area (TPSA) is 122 Å². The molecule has 3 aromatic rings. The number of carboxylic acids is 1. The fourth-order valence-corrected chi connectivity index (χ4v) is 8.15. The molecule has 1 aromatic heterocycles. The molecule has 11 heteroatoms. The smallest absolute Gasteiger partial charge is 0.335 e. The predicted octanol–water partition coefficient (Wildman–Crippen LogP) is 4.03. The summed E-state index contributed by atoms with van der Waals surface area (Å²) in [5, 5.41) is 22.3. The summed E-state index contributed by atoms with van der Waals surface area (Å²) in [6.45, 7) is 10.9. The molecule has 43 heavy (non-hydrogen) atoms. The number of nitrogens with zero attached hydrogens (tertiary/aromatic N) is 6. The van der Waals surface area contributed by atoms with Crippen molar-refractivity contribution < 1.29 is 18.3 Å². The Morgan fingerprint density at radius 1 is 0.930 bits per heavy atom. The molecule has 226 valence electrons. The first-order valence-corrected chi connectivity index (χ1v) is 16.6. The average molecular weight is 603 g/mol. The lowest BCUT2D eigenvalue weighted by Crippen LogP contribution is -2.46. The van der Waals surface area contributed by atoms with Crippen molar-refractivity contribution in [2.45, 2.75) is 33.7 Å². The van der Waals surface area contributed by atoms with Crippen molar-refractivity contribution in [3.8, 4) is 11.4 Å². The number of allylic oxidation sites excluding steroid dienone is 2. The molecule has 1 N–H and O–H groups in total. The molecule has 1 aliphatic carbocycles. The highest BCUT2D eigenvalue weighted by Crippen LogP contribution is 2.55. The number of carboxylic acid groups (broad SMARTS) is 1. The van der Waals surface area contributed by atoms with Crippen LogP contribution in [0.3, 0.4) is 0 Å². The number of tetrazole rings is 1. The van der Waals surface area contributed by atoms with E-state index in [4.69, 9.17) is 0 Å². The monoisotopic (exact) mass is 602 g/mol. The van der Waals surface area contributed by atoms with Crippen molar-refractivity contribution in [2.75, 3.05) is 49.1 Å². The summed E-state index contributed by atoms with van der Waals surface area (Å²) in [5.74, 6) is 0.0853. The lowest BCUT2D eigenvalue weighted by atomic mass is 9.58. The molecule has 0 bridgehead atoms. The van der Waals surface area contributed by atoms with Crippen LogP contribution in [-0.2, 0) is 16.4 Å². The van der Waals surface area contributed by atoms with Crippen molar-refractivity contribution in [1.29, 1.82) is 0 Å². The SMILES string of the molecule is CC1(C)C(c2ccc(C(=O)O)cc2)=CC[C@]2(C)CN(c3ccc(-c4nnn(CCN5CCS(=O)(=O)CC5)n4)cc3)CC=C12. The molecule has 2 aliphatic heterocycles. The Kier molecular flexibility index (Phi) is 7.50. The Morgan fingerprint density at radius 2 is 1.60 bits per heavy atom. The van der Waals surface area contributed by atoms with E-state index in [9.17, 15) is 18.3 Å². The van der Waals surface area contributed by atoms with E-state index in [-0.39, 0.29) is 22.3 Å². The van der Waals surface area contributed by atoms with E-state index >= 15 is 0 Å². The zero-order valence-electron chi connectivity index (χ0n) is 24.9. The van der Waals surface area contributed by atoms with Gasteiger partial charge in [-0.3, -0.25) is 4.90 Å². The third-order valence-corrected chi connectivity index (χ3v) is 10.9. The number of rotatable bonds is 7. The molecular weight excluding hydrogens is 564 g/mol. The highest BCUT2D eigenvalue weighted by atomic mass is 32.2. The third-order valence-electron chi connectivity index (χ3n) is 9.25. The van der Waals surface area contributed by atoms with Crippen LogP contribution in [0.25, 0.3) is 17.0 Å². The molecule has 10 nitrogen and oxygen atoms in total. The summed E-state index contributed by atoms with van der Waals surface area (Å²) < 4.78 is 23.3. The first-order valence-electron chi connectivity index (χ1n) is 14.8. The summed E-state index contributed by atoms with van der Waals surface area (Å²) in [6.07, 6.45) is 5.62. The van der Waals surface area contributed by atoms with Gasteiger partial charge >= 0.3 is 5.97 Å². The van der Waals surface area contributed by atoms with E-state index < -0.39 is 15.8 Å². The van der Waals surface area contributed by atoms with Crippen molar-refractivity contribution in [3.05, 3.63) is 77.4 Å². The minimum atomic E-state index is -2.89. The Balaban J connectivity index is 1.11. The Hall–Kier alpha value is -3.83. The zero-order valence-corrected chi connectivity index (χ0v) is 25.7. The number of aromatic nitrogens is 4. The Morgan fingerprint density at radius 3 is 2.28 bits per heavy atom. The number of carbonyl (C=O) groups is 1. The van der Waals surface area contributed by atoms with Gasteiger partial charge in [-0.25, -0.2) is 13.2 Å². The van der Waals surface area contributed by atoms with Crippen LogP contribution in [-0.4, -0.2) is 88.8 Å². The molecule has 3 aliphatic rings. The lowest BCUT2D eigenvalue weighted by Gasteiger charge is -2.51. The number of hydrogen-bond acceptors (Lipinski definition) is 8. The van der Waals surface area contributed by atoms with E-state index in [1.165, 1.54) is 11.1 Å². The summed E-state index contributed by atoms with van der Waals surface area (Å²) >= 11 is 0. The largest absolute Gasteiger partial charge is 0.478 e. The first-order chi connectivity index (χ1) is 20.4. The summed E-state index contributed by atoms with van der Waals surface area (Å²) in [5.41, 5.74) is 5.91. The Bertz CT molecular complexity index is 1680. The van der Waals surface area contributed by atoms with Crippen LogP contribution in [0.5, 0.6) is 0 Å². The van der Waals surface area contributed by atoms with Crippen LogP contribution in [0.1, 0.15) is 43.1 Å². The van der Waals surface area contributed by atoms with Crippen molar-refractivity contribution >= 4 is 27.1 Å². The summed E-state index contributed by atoms with van der Waals surface area (Å²) in [7, 11) is -2.89. The second-order valence-electron chi connectivity index (χ2n) is 12.6. The minimum Gasteiger partial charge on any atom is -0.478 e. The molecule has 6 rings (SSSR count). The molecular formula is C32H38N6O4S. The molecule has 0 unspecified atom stereocenters. The summed E-state index contributed by atoms with van der Waals surface area (Å²) in [4.78, 5) is 17.4. The van der Waals surface area contributed by atoms with E-state index in [0.717, 1.165) is 36.3 Å². The van der Waals surface area contributed by atoms with Gasteiger partial charge in [-0.05, 0) is 59.2 Å². The molecule has 1 saturated heterocycles. The lowest BCUT2D eigenvalue weighted by molar-refractivity contribution is 0.0697. The molecule has 2 aromatic carbocycles. The van der Waals surface area contributed by atoms with Crippen molar-refractivity contribution in [3.63, 3.8) is 0 Å². The van der Waals surface area contributed by atoms with Gasteiger partial charge in [0.15, 0.2) is 9.84 Å². The second-order valence-corrected chi connectivity index (χ2v) is 14.9. The molecule has 0 saturated carbocycles. The second kappa shape index (κ2) is 11.0. The van der Waals surface area contributed by atoms with Crippen molar-refractivity contribution in [1.82, 2.24) is 25.1 Å². The highest BCUT2D eigenvalue weighted by molar-refractivity contribution is 7.91. The molecule has 0 radical (unpaired) electrons. The van der Waals surface area contributed by atoms with Crippen LogP contribution in [0.4, 0.5) is 5.69 Å². The summed E-state index contributed by atoms with van der Waals surface area (Å²) in [6, 6.07) is 15.5. The first kappa shape index (κ1) is 29.3. The number of fused-ring (bicyclic) bond motifs is 1. The normalized spacial score (nSPS) is 23.3. The number of benzene rings is 2. The van der Waals surface area contributed by atoms with E-state index in [0.29, 0.717) is 37.6 Å². The fourth-order valence-electron chi connectivity index (χ4n) is 6.88. The maximum atomic E-state index is 11.7.